The Balaban J connectivity index is 4.38. The first kappa shape index (κ1) is 53.3. The Labute approximate surface area is 349 Å². The molecule has 0 bridgehead atoms. The molecule has 6 heteroatoms. The third-order valence-corrected chi connectivity index (χ3v) is 9.06. The van der Waals surface area contributed by atoms with E-state index in [1.54, 1.807) is 0 Å². The number of carbonyl (C=O) groups excluding carboxylic acids is 3. The predicted octanol–water partition coefficient (Wildman–Crippen LogP) is 14.6. The minimum atomic E-state index is -0.817. The number of allylic oxidation sites excluding steroid dienone is 16. The highest BCUT2D eigenvalue weighted by molar-refractivity contribution is 5.71. The van der Waals surface area contributed by atoms with Gasteiger partial charge in [-0.3, -0.25) is 14.4 Å². The summed E-state index contributed by atoms with van der Waals surface area (Å²) in [6.45, 7) is 6.17. The summed E-state index contributed by atoms with van der Waals surface area (Å²) in [6.07, 6.45) is 58.5. The summed E-state index contributed by atoms with van der Waals surface area (Å²) in [5, 5.41) is 0. The Morgan fingerprint density at radius 3 is 1.07 bits per heavy atom. The summed E-state index contributed by atoms with van der Waals surface area (Å²) >= 11 is 0. The van der Waals surface area contributed by atoms with Gasteiger partial charge in [-0.25, -0.2) is 0 Å². The van der Waals surface area contributed by atoms with Gasteiger partial charge < -0.3 is 14.2 Å². The highest BCUT2D eigenvalue weighted by Gasteiger charge is 2.19. The fraction of sp³-hybridized carbons (Fsp3) is 0.627. The summed E-state index contributed by atoms with van der Waals surface area (Å²) in [4.78, 5) is 37.6. The van der Waals surface area contributed by atoms with E-state index < -0.39 is 6.10 Å². The van der Waals surface area contributed by atoms with Gasteiger partial charge in [0.2, 0.25) is 0 Å². The zero-order valence-corrected chi connectivity index (χ0v) is 36.6. The molecule has 0 aliphatic rings. The van der Waals surface area contributed by atoms with E-state index in [0.29, 0.717) is 19.3 Å². The monoisotopic (exact) mass is 791 g/mol. The fourth-order valence-corrected chi connectivity index (χ4v) is 5.75. The molecule has 0 rings (SSSR count). The molecule has 0 aliphatic heterocycles. The molecular weight excluding hydrogens is 709 g/mol. The van der Waals surface area contributed by atoms with Crippen molar-refractivity contribution in [2.75, 3.05) is 13.2 Å². The van der Waals surface area contributed by atoms with Crippen molar-refractivity contribution in [3.8, 4) is 0 Å². The molecule has 0 N–H and O–H groups in total. The number of hydrogen-bond donors (Lipinski definition) is 0. The molecule has 1 unspecified atom stereocenters. The lowest BCUT2D eigenvalue weighted by atomic mass is 10.1. The van der Waals surface area contributed by atoms with Crippen LogP contribution in [0.4, 0.5) is 0 Å². The number of ether oxygens (including phenoxy) is 3. The van der Waals surface area contributed by atoms with Gasteiger partial charge in [0.1, 0.15) is 13.2 Å². The smallest absolute Gasteiger partial charge is 0.306 e. The maximum atomic E-state index is 12.7. The number of esters is 3. The molecule has 1 atom stereocenters. The Morgan fingerprint density at radius 1 is 0.351 bits per heavy atom. The number of rotatable bonds is 39. The molecule has 0 heterocycles. The van der Waals surface area contributed by atoms with E-state index in [0.717, 1.165) is 96.3 Å². The maximum absolute atomic E-state index is 12.7. The van der Waals surface area contributed by atoms with Crippen molar-refractivity contribution >= 4 is 17.9 Å². The third-order valence-electron chi connectivity index (χ3n) is 9.06. The van der Waals surface area contributed by atoms with E-state index in [-0.39, 0.29) is 37.5 Å². The van der Waals surface area contributed by atoms with Crippen LogP contribution in [-0.2, 0) is 28.6 Å². The van der Waals surface area contributed by atoms with E-state index in [1.165, 1.54) is 44.9 Å². The van der Waals surface area contributed by atoms with Crippen molar-refractivity contribution in [2.24, 2.45) is 0 Å². The van der Waals surface area contributed by atoms with Crippen LogP contribution in [0.15, 0.2) is 97.2 Å². The molecule has 6 nitrogen and oxygen atoms in total. The molecule has 0 saturated carbocycles. The second-order valence-corrected chi connectivity index (χ2v) is 14.5. The molecule has 322 valence electrons. The first-order valence-corrected chi connectivity index (χ1v) is 22.7. The lowest BCUT2D eigenvalue weighted by Gasteiger charge is -2.18. The van der Waals surface area contributed by atoms with Crippen molar-refractivity contribution in [1.82, 2.24) is 0 Å². The van der Waals surface area contributed by atoms with Gasteiger partial charge in [0.25, 0.3) is 0 Å². The van der Waals surface area contributed by atoms with Gasteiger partial charge in [0.15, 0.2) is 6.10 Å². The van der Waals surface area contributed by atoms with Crippen LogP contribution in [0.2, 0.25) is 0 Å². The molecule has 0 amide bonds. The molecule has 0 aliphatic carbocycles. The van der Waals surface area contributed by atoms with Crippen LogP contribution in [0.5, 0.6) is 0 Å². The molecular formula is C51H82O6. The van der Waals surface area contributed by atoms with Gasteiger partial charge in [0, 0.05) is 19.3 Å². The molecule has 0 spiro atoms. The largest absolute Gasteiger partial charge is 0.462 e. The normalized spacial score (nSPS) is 13.0. The molecule has 0 saturated heterocycles. The summed E-state index contributed by atoms with van der Waals surface area (Å²) < 4.78 is 16.6. The second kappa shape index (κ2) is 45.0. The Kier molecular flexibility index (Phi) is 42.1. The molecule has 0 fully saturated rings. The summed E-state index contributed by atoms with van der Waals surface area (Å²) in [5.74, 6) is -1.02. The topological polar surface area (TPSA) is 78.9 Å². The van der Waals surface area contributed by atoms with Crippen LogP contribution in [-0.4, -0.2) is 37.2 Å². The lowest BCUT2D eigenvalue weighted by molar-refractivity contribution is -0.167. The highest BCUT2D eigenvalue weighted by atomic mass is 16.6. The average molecular weight is 791 g/mol. The van der Waals surface area contributed by atoms with Crippen molar-refractivity contribution in [2.45, 2.75) is 194 Å². The van der Waals surface area contributed by atoms with Gasteiger partial charge in [-0.05, 0) is 103 Å². The Bertz CT molecular complexity index is 1180. The summed E-state index contributed by atoms with van der Waals surface area (Å²) in [5.41, 5.74) is 0. The van der Waals surface area contributed by atoms with Crippen LogP contribution in [0.25, 0.3) is 0 Å². The second-order valence-electron chi connectivity index (χ2n) is 14.5. The molecule has 0 aromatic heterocycles. The predicted molar refractivity (Wildman–Crippen MR) is 242 cm³/mol. The van der Waals surface area contributed by atoms with Crippen molar-refractivity contribution in [3.05, 3.63) is 97.2 Å². The van der Waals surface area contributed by atoms with Crippen LogP contribution in [0.3, 0.4) is 0 Å². The minimum Gasteiger partial charge on any atom is -0.462 e. The number of hydrogen-bond acceptors (Lipinski definition) is 6. The summed E-state index contributed by atoms with van der Waals surface area (Å²) in [7, 11) is 0. The van der Waals surface area contributed by atoms with Gasteiger partial charge in [0.05, 0.1) is 0 Å². The highest BCUT2D eigenvalue weighted by Crippen LogP contribution is 2.13. The fourth-order valence-electron chi connectivity index (χ4n) is 5.75. The minimum absolute atomic E-state index is 0.113. The van der Waals surface area contributed by atoms with Crippen LogP contribution < -0.4 is 0 Å². The van der Waals surface area contributed by atoms with E-state index >= 15 is 0 Å². The van der Waals surface area contributed by atoms with E-state index in [4.69, 9.17) is 14.2 Å². The van der Waals surface area contributed by atoms with E-state index in [9.17, 15) is 14.4 Å². The van der Waals surface area contributed by atoms with Crippen molar-refractivity contribution < 1.29 is 28.6 Å². The van der Waals surface area contributed by atoms with Gasteiger partial charge >= 0.3 is 17.9 Å². The Morgan fingerprint density at radius 2 is 0.649 bits per heavy atom. The zero-order valence-electron chi connectivity index (χ0n) is 36.6. The summed E-state index contributed by atoms with van der Waals surface area (Å²) in [6, 6.07) is 0. The van der Waals surface area contributed by atoms with Gasteiger partial charge in [-0.2, -0.15) is 0 Å². The van der Waals surface area contributed by atoms with Crippen LogP contribution >= 0.6 is 0 Å². The van der Waals surface area contributed by atoms with Crippen LogP contribution in [0, 0.1) is 0 Å². The van der Waals surface area contributed by atoms with Crippen molar-refractivity contribution in [3.63, 3.8) is 0 Å². The Hall–Kier alpha value is -3.67. The van der Waals surface area contributed by atoms with Gasteiger partial charge in [-0.1, -0.05) is 163 Å². The number of unbranched alkanes of at least 4 members (excludes halogenated alkanes) is 12. The first-order chi connectivity index (χ1) is 28.0. The molecule has 0 aromatic rings. The standard InChI is InChI=1S/C51H82O6/c1-4-7-10-13-16-19-21-22-23-24-25-26-27-28-30-32-35-38-41-44-50(53)56-47-48(46-55-49(52)43-40-37-34-31-18-15-12-9-6-3)57-51(54)45-42-39-36-33-29-20-17-14-11-8-5-2/h7-12,16-20,22-23,31,33,36,48H,4-6,13-15,21,24-30,32,34-35,37-47H2,1-3H3/b10-7-,11-8-,12-9-,19-16-,20-17-,23-22-,31-18-,36-33-. The molecule has 57 heavy (non-hydrogen) atoms. The average Bonchev–Trinajstić information content (AvgIpc) is 3.21. The lowest BCUT2D eigenvalue weighted by Crippen LogP contribution is -2.30. The van der Waals surface area contributed by atoms with Crippen LogP contribution in [0.1, 0.15) is 188 Å². The quantitative estimate of drug-likeness (QED) is 0.0267. The van der Waals surface area contributed by atoms with Crippen molar-refractivity contribution in [1.29, 1.82) is 0 Å². The van der Waals surface area contributed by atoms with Gasteiger partial charge in [-0.15, -0.1) is 0 Å². The number of carbonyl (C=O) groups is 3. The molecule has 0 radical (unpaired) electrons. The molecule has 0 aromatic carbocycles. The van der Waals surface area contributed by atoms with E-state index in [2.05, 4.69) is 118 Å². The first-order valence-electron chi connectivity index (χ1n) is 22.7. The maximum Gasteiger partial charge on any atom is 0.306 e. The zero-order chi connectivity index (χ0) is 41.5. The third kappa shape index (κ3) is 43.3. The SMILES string of the molecule is CC/C=C\C/C=C\C/C=C\CCCCCCCCCCCC(=O)OCC(COC(=O)CCCC/C=C\C/C=C\CC)OC(=O)CCC/C=C\C/C=C\C/C=C\CC. The van der Waals surface area contributed by atoms with E-state index in [1.807, 2.05) is 0 Å².